The second-order valence-electron chi connectivity index (χ2n) is 9.93. The number of nitriles is 1. The predicted molar refractivity (Wildman–Crippen MR) is 94.6 cm³/mol. The Labute approximate surface area is 143 Å². The highest BCUT2D eigenvalue weighted by atomic mass is 14.7. The highest BCUT2D eigenvalue weighted by Gasteiger charge is 2.61. The van der Waals surface area contributed by atoms with Crippen molar-refractivity contribution in [3.63, 3.8) is 0 Å². The normalized spacial score (nSPS) is 55.4. The standard InChI is InChI=1S/C22H35N/c1-4-18-15(14-23)13-20-17-9-8-16-7-5-6-11-21(16,2)19(17)10-12-22(18,20)3/h15-20H,4-13H2,1-3H3/t15-,16?,17+,18-,19-,20-,21-,22+/m0/s1. The average Bonchev–Trinajstić information content (AvgIpc) is 2.85. The van der Waals surface area contributed by atoms with E-state index in [0.717, 1.165) is 23.7 Å². The highest BCUT2D eigenvalue weighted by molar-refractivity contribution is 5.13. The van der Waals surface area contributed by atoms with Gasteiger partial charge >= 0.3 is 0 Å². The van der Waals surface area contributed by atoms with Gasteiger partial charge in [0.25, 0.3) is 0 Å². The van der Waals surface area contributed by atoms with Gasteiger partial charge in [-0.1, -0.05) is 40.0 Å². The van der Waals surface area contributed by atoms with E-state index in [-0.39, 0.29) is 0 Å². The molecule has 0 heterocycles. The zero-order valence-electron chi connectivity index (χ0n) is 15.5. The minimum absolute atomic E-state index is 0.339. The van der Waals surface area contributed by atoms with Gasteiger partial charge in [-0.05, 0) is 85.4 Å². The van der Waals surface area contributed by atoms with Crippen molar-refractivity contribution in [3.05, 3.63) is 0 Å². The van der Waals surface area contributed by atoms with Crippen LogP contribution >= 0.6 is 0 Å². The molecule has 4 aliphatic rings. The van der Waals surface area contributed by atoms with Gasteiger partial charge in [-0.15, -0.1) is 0 Å². The molecule has 1 nitrogen and oxygen atoms in total. The van der Waals surface area contributed by atoms with E-state index in [1.807, 2.05) is 0 Å². The molecule has 23 heavy (non-hydrogen) atoms. The summed E-state index contributed by atoms with van der Waals surface area (Å²) in [7, 11) is 0. The van der Waals surface area contributed by atoms with Gasteiger partial charge < -0.3 is 0 Å². The molecule has 0 aromatic heterocycles. The first-order chi connectivity index (χ1) is 11.0. The van der Waals surface area contributed by atoms with E-state index in [1.54, 1.807) is 0 Å². The van der Waals surface area contributed by atoms with Crippen molar-refractivity contribution >= 4 is 0 Å². The Balaban J connectivity index is 1.65. The molecule has 128 valence electrons. The lowest BCUT2D eigenvalue weighted by atomic mass is 9.45. The van der Waals surface area contributed by atoms with E-state index >= 15 is 0 Å². The quantitative estimate of drug-likeness (QED) is 0.565. The molecule has 0 saturated heterocycles. The van der Waals surface area contributed by atoms with Gasteiger partial charge in [0.1, 0.15) is 0 Å². The van der Waals surface area contributed by atoms with Crippen LogP contribution in [0.1, 0.15) is 85.0 Å². The Bertz CT molecular complexity index is 505. The summed E-state index contributed by atoms with van der Waals surface area (Å²) in [4.78, 5) is 0. The van der Waals surface area contributed by atoms with Crippen LogP contribution in [-0.2, 0) is 0 Å². The molecule has 0 bridgehead atoms. The Kier molecular flexibility index (Phi) is 3.82. The minimum Gasteiger partial charge on any atom is -0.198 e. The van der Waals surface area contributed by atoms with Gasteiger partial charge in [0.05, 0.1) is 6.07 Å². The summed E-state index contributed by atoms with van der Waals surface area (Å²) in [5, 5.41) is 9.71. The first-order valence-corrected chi connectivity index (χ1v) is 10.4. The topological polar surface area (TPSA) is 23.8 Å². The molecule has 0 amide bonds. The third-order valence-corrected chi connectivity index (χ3v) is 9.47. The maximum Gasteiger partial charge on any atom is 0.0659 e. The molecule has 4 aliphatic carbocycles. The summed E-state index contributed by atoms with van der Waals surface area (Å²) in [6, 6.07) is 2.71. The van der Waals surface area contributed by atoms with Crippen LogP contribution in [0.4, 0.5) is 0 Å². The van der Waals surface area contributed by atoms with Crippen LogP contribution in [-0.4, -0.2) is 0 Å². The largest absolute Gasteiger partial charge is 0.198 e. The summed E-state index contributed by atoms with van der Waals surface area (Å²) >= 11 is 0. The van der Waals surface area contributed by atoms with E-state index in [4.69, 9.17) is 0 Å². The average molecular weight is 314 g/mol. The Hall–Kier alpha value is -0.510. The molecule has 1 unspecified atom stereocenters. The molecule has 8 atom stereocenters. The number of hydrogen-bond donors (Lipinski definition) is 0. The van der Waals surface area contributed by atoms with E-state index in [0.29, 0.717) is 22.7 Å². The van der Waals surface area contributed by atoms with Crippen molar-refractivity contribution < 1.29 is 0 Å². The van der Waals surface area contributed by atoms with Crippen LogP contribution < -0.4 is 0 Å². The van der Waals surface area contributed by atoms with E-state index in [9.17, 15) is 5.26 Å². The molecule has 0 aromatic rings. The number of nitrogens with zero attached hydrogens (tertiary/aromatic N) is 1. The maximum absolute atomic E-state index is 9.71. The lowest BCUT2D eigenvalue weighted by Gasteiger charge is -2.60. The lowest BCUT2D eigenvalue weighted by Crippen LogP contribution is -2.52. The SMILES string of the molecule is CC[C@H]1[C@H](C#N)C[C@H]2[C@@H]3CCC4CCCC[C@]4(C)[C@H]3CC[C@@]21C. The van der Waals surface area contributed by atoms with Crippen LogP contribution in [0.25, 0.3) is 0 Å². The molecule has 0 aromatic carbocycles. The second kappa shape index (κ2) is 5.50. The van der Waals surface area contributed by atoms with Crippen molar-refractivity contribution in [1.82, 2.24) is 0 Å². The summed E-state index contributed by atoms with van der Waals surface area (Å²) in [5.74, 6) is 4.75. The summed E-state index contributed by atoms with van der Waals surface area (Å²) in [5.41, 5.74) is 1.10. The fourth-order valence-corrected chi connectivity index (χ4v) is 8.34. The fourth-order valence-electron chi connectivity index (χ4n) is 8.34. The van der Waals surface area contributed by atoms with Crippen molar-refractivity contribution in [2.75, 3.05) is 0 Å². The zero-order chi connectivity index (χ0) is 16.2. The van der Waals surface area contributed by atoms with Crippen LogP contribution in [0.15, 0.2) is 0 Å². The maximum atomic E-state index is 9.71. The molecule has 0 aliphatic heterocycles. The third-order valence-electron chi connectivity index (χ3n) is 9.47. The van der Waals surface area contributed by atoms with E-state index < -0.39 is 0 Å². The van der Waals surface area contributed by atoms with Crippen molar-refractivity contribution in [3.8, 4) is 6.07 Å². The lowest BCUT2D eigenvalue weighted by molar-refractivity contribution is -0.111. The molecule has 4 saturated carbocycles. The molecule has 4 rings (SSSR count). The van der Waals surface area contributed by atoms with Crippen molar-refractivity contribution in [2.24, 2.45) is 46.3 Å². The summed E-state index contributed by atoms with van der Waals surface area (Å²) in [6.45, 7) is 7.55. The van der Waals surface area contributed by atoms with Gasteiger partial charge in [-0.25, -0.2) is 0 Å². The van der Waals surface area contributed by atoms with E-state index in [2.05, 4.69) is 26.8 Å². The molecule has 1 heteroatoms. The Morgan fingerprint density at radius 3 is 2.52 bits per heavy atom. The molecule has 0 N–H and O–H groups in total. The summed E-state index contributed by atoms with van der Waals surface area (Å²) in [6.07, 6.45) is 14.2. The third kappa shape index (κ3) is 2.09. The minimum atomic E-state index is 0.339. The summed E-state index contributed by atoms with van der Waals surface area (Å²) < 4.78 is 0. The molecular weight excluding hydrogens is 278 g/mol. The van der Waals surface area contributed by atoms with Gasteiger partial charge in [-0.3, -0.25) is 0 Å². The zero-order valence-corrected chi connectivity index (χ0v) is 15.5. The first kappa shape index (κ1) is 16.0. The molecule has 4 fully saturated rings. The predicted octanol–water partition coefficient (Wildman–Crippen LogP) is 6.20. The highest BCUT2D eigenvalue weighted by Crippen LogP contribution is 2.68. The first-order valence-electron chi connectivity index (χ1n) is 10.4. The van der Waals surface area contributed by atoms with E-state index in [1.165, 1.54) is 64.2 Å². The Morgan fingerprint density at radius 1 is 0.957 bits per heavy atom. The number of rotatable bonds is 1. The van der Waals surface area contributed by atoms with Gasteiger partial charge in [0.15, 0.2) is 0 Å². The van der Waals surface area contributed by atoms with Gasteiger partial charge in [0, 0.05) is 5.92 Å². The van der Waals surface area contributed by atoms with Crippen LogP contribution in [0.5, 0.6) is 0 Å². The van der Waals surface area contributed by atoms with Crippen LogP contribution in [0.3, 0.4) is 0 Å². The molecule has 0 spiro atoms. The monoisotopic (exact) mass is 313 g/mol. The second-order valence-corrected chi connectivity index (χ2v) is 9.93. The Morgan fingerprint density at radius 2 is 1.78 bits per heavy atom. The number of fused-ring (bicyclic) bond motifs is 5. The molecule has 0 radical (unpaired) electrons. The van der Waals surface area contributed by atoms with Crippen LogP contribution in [0, 0.1) is 57.7 Å². The smallest absolute Gasteiger partial charge is 0.0659 e. The fraction of sp³-hybridized carbons (Fsp3) is 0.955. The van der Waals surface area contributed by atoms with Crippen molar-refractivity contribution in [2.45, 2.75) is 85.0 Å². The van der Waals surface area contributed by atoms with Gasteiger partial charge in [-0.2, -0.15) is 5.26 Å². The van der Waals surface area contributed by atoms with Crippen LogP contribution in [0.2, 0.25) is 0 Å². The molecular formula is C22H35N. The number of hydrogen-bond acceptors (Lipinski definition) is 1. The van der Waals surface area contributed by atoms with Crippen molar-refractivity contribution in [1.29, 1.82) is 5.26 Å². The van der Waals surface area contributed by atoms with Gasteiger partial charge in [0.2, 0.25) is 0 Å².